The Kier molecular flexibility index (Phi) is 7.89. The van der Waals surface area contributed by atoms with Gasteiger partial charge >= 0.3 is 24.0 Å². The van der Waals surface area contributed by atoms with Crippen LogP contribution in [-0.4, -0.2) is 60.6 Å². The van der Waals surface area contributed by atoms with E-state index in [1.807, 2.05) is 0 Å². The van der Waals surface area contributed by atoms with Crippen molar-refractivity contribution in [3.63, 3.8) is 0 Å². The normalized spacial score (nSPS) is 11.6. The molecule has 3 aromatic heterocycles. The number of amides is 4. The summed E-state index contributed by atoms with van der Waals surface area (Å²) < 4.78 is 11.2. The molecule has 0 fully saturated rings. The second-order valence-corrected chi connectivity index (χ2v) is 10.9. The summed E-state index contributed by atoms with van der Waals surface area (Å²) >= 11 is 0. The quantitative estimate of drug-likeness (QED) is 0.244. The number of nitrogens with zero attached hydrogens (tertiary/aromatic N) is 3. The molecule has 0 spiro atoms. The minimum absolute atomic E-state index is 0.0133. The van der Waals surface area contributed by atoms with Gasteiger partial charge in [0.05, 0.1) is 5.56 Å². The molecule has 0 aliphatic carbocycles. The van der Waals surface area contributed by atoms with Crippen molar-refractivity contribution in [2.45, 2.75) is 66.6 Å². The number of hydrogen-bond acceptors (Lipinski definition) is 9. The monoisotopic (exact) mass is 555 g/mol. The van der Waals surface area contributed by atoms with E-state index in [1.54, 1.807) is 55.4 Å². The fourth-order valence-electron chi connectivity index (χ4n) is 3.76. The van der Waals surface area contributed by atoms with Gasteiger partial charge in [0.25, 0.3) is 0 Å². The SMILES string of the molecule is Cc1[nH]nc(-c2cc(NC(N)=O)nc(NC(N)=O)c2-c2n[nH]c(C)c2C(=O)OC(C)(C)C)c1C(=O)OC(C)(C)C. The minimum Gasteiger partial charge on any atom is -0.456 e. The van der Waals surface area contributed by atoms with Crippen molar-refractivity contribution >= 4 is 35.6 Å². The van der Waals surface area contributed by atoms with E-state index in [2.05, 4.69) is 36.0 Å². The number of esters is 2. The van der Waals surface area contributed by atoms with Gasteiger partial charge in [-0.2, -0.15) is 10.2 Å². The number of hydrogen-bond donors (Lipinski definition) is 6. The lowest BCUT2D eigenvalue weighted by Gasteiger charge is -2.21. The van der Waals surface area contributed by atoms with Gasteiger partial charge in [-0.1, -0.05) is 0 Å². The van der Waals surface area contributed by atoms with Crippen molar-refractivity contribution in [3.8, 4) is 22.5 Å². The van der Waals surface area contributed by atoms with Crippen molar-refractivity contribution < 1.29 is 28.7 Å². The van der Waals surface area contributed by atoms with E-state index in [0.29, 0.717) is 11.4 Å². The van der Waals surface area contributed by atoms with Crippen LogP contribution >= 0.6 is 0 Å². The molecule has 0 saturated heterocycles. The molecule has 3 heterocycles. The van der Waals surface area contributed by atoms with E-state index < -0.39 is 35.2 Å². The van der Waals surface area contributed by atoms with Gasteiger partial charge < -0.3 is 20.9 Å². The maximum Gasteiger partial charge on any atom is 0.342 e. The van der Waals surface area contributed by atoms with Crippen LogP contribution in [0.3, 0.4) is 0 Å². The summed E-state index contributed by atoms with van der Waals surface area (Å²) in [5.41, 5.74) is 10.1. The Morgan fingerprint density at radius 3 is 1.68 bits per heavy atom. The number of aryl methyl sites for hydroxylation is 2. The molecule has 0 bridgehead atoms. The highest BCUT2D eigenvalue weighted by molar-refractivity contribution is 6.07. The molecule has 0 aliphatic rings. The number of anilines is 2. The standard InChI is InChI=1S/C25H33N9O6/c1-10-14(20(35)39-24(3,4)5)17(33-31-10)12-9-13(29-22(26)37)28-19(30-23(27)38)16(12)18-15(11(2)32-34-18)21(36)40-25(6,7)8/h9H,1-8H3,(H,31,33)(H,32,34)(H6,26,27,28,29,30,37,38). The number of nitrogens with two attached hydrogens (primary N) is 2. The first kappa shape index (κ1) is 29.6. The molecule has 15 nitrogen and oxygen atoms in total. The van der Waals surface area contributed by atoms with Crippen molar-refractivity contribution in [3.05, 3.63) is 28.6 Å². The Hall–Kier alpha value is -4.95. The molecule has 4 amide bonds. The molecular weight excluding hydrogens is 522 g/mol. The van der Waals surface area contributed by atoms with Gasteiger partial charge in [-0.15, -0.1) is 0 Å². The number of aromatic amines is 2. The Morgan fingerprint density at radius 2 is 1.23 bits per heavy atom. The van der Waals surface area contributed by atoms with Crippen molar-refractivity contribution in [1.29, 1.82) is 0 Å². The van der Waals surface area contributed by atoms with Crippen LogP contribution in [0.1, 0.15) is 73.6 Å². The number of rotatable bonds is 6. The molecule has 0 radical (unpaired) electrons. The van der Waals surface area contributed by atoms with Gasteiger partial charge in [-0.3, -0.25) is 20.8 Å². The highest BCUT2D eigenvalue weighted by atomic mass is 16.6. The highest BCUT2D eigenvalue weighted by Crippen LogP contribution is 2.41. The fraction of sp³-hybridized carbons (Fsp3) is 0.400. The van der Waals surface area contributed by atoms with Gasteiger partial charge in [-0.25, -0.2) is 24.2 Å². The van der Waals surface area contributed by atoms with Crippen LogP contribution in [0.5, 0.6) is 0 Å². The predicted molar refractivity (Wildman–Crippen MR) is 146 cm³/mol. The van der Waals surface area contributed by atoms with Gasteiger partial charge in [-0.05, 0) is 61.5 Å². The van der Waals surface area contributed by atoms with Gasteiger partial charge in [0.2, 0.25) is 0 Å². The van der Waals surface area contributed by atoms with Crippen LogP contribution in [0.4, 0.5) is 21.2 Å². The lowest BCUT2D eigenvalue weighted by Crippen LogP contribution is -2.25. The number of urea groups is 2. The fourth-order valence-corrected chi connectivity index (χ4v) is 3.76. The number of aromatic nitrogens is 5. The summed E-state index contributed by atoms with van der Waals surface area (Å²) in [5, 5.41) is 18.8. The Balaban J connectivity index is 2.43. The van der Waals surface area contributed by atoms with Gasteiger partial charge in [0, 0.05) is 17.0 Å². The smallest absolute Gasteiger partial charge is 0.342 e. The lowest BCUT2D eigenvalue weighted by molar-refractivity contribution is 0.00568. The van der Waals surface area contributed by atoms with Gasteiger partial charge in [0.1, 0.15) is 45.4 Å². The van der Waals surface area contributed by atoms with Crippen LogP contribution < -0.4 is 22.1 Å². The van der Waals surface area contributed by atoms with E-state index in [9.17, 15) is 19.2 Å². The number of carbonyl (C=O) groups is 4. The largest absolute Gasteiger partial charge is 0.456 e. The maximum atomic E-state index is 13.3. The first-order valence-corrected chi connectivity index (χ1v) is 12.1. The Morgan fingerprint density at radius 1 is 0.775 bits per heavy atom. The topological polar surface area (TPSA) is 233 Å². The summed E-state index contributed by atoms with van der Waals surface area (Å²) in [7, 11) is 0. The van der Waals surface area contributed by atoms with Crippen LogP contribution in [0.15, 0.2) is 6.07 Å². The second-order valence-electron chi connectivity index (χ2n) is 10.9. The van der Waals surface area contributed by atoms with Crippen molar-refractivity contribution in [2.24, 2.45) is 11.5 Å². The molecule has 0 atom stereocenters. The van der Waals surface area contributed by atoms with Gasteiger partial charge in [0.15, 0.2) is 0 Å². The van der Waals surface area contributed by atoms with Crippen LogP contribution in [0, 0.1) is 13.8 Å². The minimum atomic E-state index is -1.01. The number of ether oxygens (including phenoxy) is 2. The zero-order valence-electron chi connectivity index (χ0n) is 23.5. The van der Waals surface area contributed by atoms with E-state index in [1.165, 1.54) is 6.07 Å². The molecule has 0 unspecified atom stereocenters. The highest BCUT2D eigenvalue weighted by Gasteiger charge is 2.33. The van der Waals surface area contributed by atoms with Crippen LogP contribution in [0.2, 0.25) is 0 Å². The maximum absolute atomic E-state index is 13.3. The molecule has 8 N–H and O–H groups in total. The third-order valence-electron chi connectivity index (χ3n) is 5.10. The number of pyridine rings is 1. The average Bonchev–Trinajstić information content (AvgIpc) is 3.32. The van der Waals surface area contributed by atoms with Crippen LogP contribution in [0.25, 0.3) is 22.5 Å². The molecule has 214 valence electrons. The zero-order chi connectivity index (χ0) is 30.2. The summed E-state index contributed by atoms with van der Waals surface area (Å²) in [6.07, 6.45) is 0. The molecule has 0 saturated carbocycles. The molecule has 0 aliphatic heterocycles. The predicted octanol–water partition coefficient (Wildman–Crippen LogP) is 3.37. The number of carbonyl (C=O) groups excluding carboxylic acids is 4. The molecule has 0 aromatic carbocycles. The Labute approximate surface area is 229 Å². The summed E-state index contributed by atoms with van der Waals surface area (Å²) in [5.74, 6) is -1.73. The average molecular weight is 556 g/mol. The summed E-state index contributed by atoms with van der Waals surface area (Å²) in [6, 6.07) is -0.599. The van der Waals surface area contributed by atoms with E-state index in [-0.39, 0.29) is 45.3 Å². The zero-order valence-corrected chi connectivity index (χ0v) is 23.5. The summed E-state index contributed by atoms with van der Waals surface area (Å²) in [4.78, 5) is 54.5. The van der Waals surface area contributed by atoms with Crippen LogP contribution in [-0.2, 0) is 9.47 Å². The van der Waals surface area contributed by atoms with Crippen molar-refractivity contribution in [2.75, 3.05) is 10.6 Å². The third kappa shape index (κ3) is 6.73. The number of primary amides is 2. The second kappa shape index (κ2) is 10.7. The molecular formula is C25H33N9O6. The summed E-state index contributed by atoms with van der Waals surface area (Å²) in [6.45, 7) is 13.5. The first-order valence-electron chi connectivity index (χ1n) is 12.1. The number of nitrogens with one attached hydrogen (secondary N) is 4. The molecule has 15 heteroatoms. The van der Waals surface area contributed by atoms with E-state index in [4.69, 9.17) is 20.9 Å². The number of H-pyrrole nitrogens is 2. The Bertz CT molecular complexity index is 1490. The molecule has 3 aromatic rings. The molecule has 3 rings (SSSR count). The first-order chi connectivity index (χ1) is 18.4. The van der Waals surface area contributed by atoms with Crippen molar-refractivity contribution in [1.82, 2.24) is 25.4 Å². The van der Waals surface area contributed by atoms with E-state index in [0.717, 1.165) is 0 Å². The van der Waals surface area contributed by atoms with E-state index >= 15 is 0 Å². The molecule has 40 heavy (non-hydrogen) atoms. The lowest BCUT2D eigenvalue weighted by atomic mass is 9.96. The third-order valence-corrected chi connectivity index (χ3v) is 5.10.